The summed E-state index contributed by atoms with van der Waals surface area (Å²) in [7, 11) is -4.69. The van der Waals surface area contributed by atoms with Crippen LogP contribution in [-0.4, -0.2) is 8.42 Å². The topological polar surface area (TPSA) is 60.2 Å². The summed E-state index contributed by atoms with van der Waals surface area (Å²) in [5.41, 5.74) is -3.40. The highest BCUT2D eigenvalue weighted by Gasteiger charge is 2.41. The maximum absolute atomic E-state index is 12.6. The highest BCUT2D eigenvalue weighted by Crippen LogP contribution is 2.41. The highest BCUT2D eigenvalue weighted by atomic mass is 127. The molecule has 11 heteroatoms. The molecule has 0 fully saturated rings. The number of primary sulfonamides is 1. The van der Waals surface area contributed by atoms with Crippen molar-refractivity contribution in [2.24, 2.45) is 5.14 Å². The standard InChI is InChI=1S/C8H4F6INO2S/c9-7(10,11)4-1-3(19(16,17)18)2-5(6(4)15)8(12,13)14/h1-2H,(H2,16,17,18). The molecule has 0 saturated carbocycles. The highest BCUT2D eigenvalue weighted by molar-refractivity contribution is 14.1. The lowest BCUT2D eigenvalue weighted by atomic mass is 10.1. The number of nitrogens with two attached hydrogens (primary N) is 1. The van der Waals surface area contributed by atoms with Crippen molar-refractivity contribution < 1.29 is 34.8 Å². The normalized spacial score (nSPS) is 13.7. The molecule has 2 N–H and O–H groups in total. The number of hydrogen-bond acceptors (Lipinski definition) is 2. The van der Waals surface area contributed by atoms with Gasteiger partial charge in [-0.3, -0.25) is 0 Å². The number of hydrogen-bond donors (Lipinski definition) is 1. The fraction of sp³-hybridized carbons (Fsp3) is 0.250. The van der Waals surface area contributed by atoms with Crippen LogP contribution in [0.15, 0.2) is 17.0 Å². The van der Waals surface area contributed by atoms with Gasteiger partial charge in [-0.1, -0.05) is 0 Å². The monoisotopic (exact) mass is 419 g/mol. The van der Waals surface area contributed by atoms with Gasteiger partial charge in [0, 0.05) is 3.57 Å². The molecule has 0 heterocycles. The minimum Gasteiger partial charge on any atom is -0.225 e. The first kappa shape index (κ1) is 16.5. The van der Waals surface area contributed by atoms with Gasteiger partial charge in [0.15, 0.2) is 0 Å². The zero-order valence-electron chi connectivity index (χ0n) is 8.60. The molecule has 1 aromatic rings. The zero-order chi connectivity index (χ0) is 15.2. The smallest absolute Gasteiger partial charge is 0.225 e. The van der Waals surface area contributed by atoms with Crippen LogP contribution in [0.25, 0.3) is 0 Å². The summed E-state index contributed by atoms with van der Waals surface area (Å²) in [6.45, 7) is 0. The van der Waals surface area contributed by atoms with Crippen LogP contribution in [0.3, 0.4) is 0 Å². The van der Waals surface area contributed by atoms with Crippen molar-refractivity contribution in [1.82, 2.24) is 0 Å². The van der Waals surface area contributed by atoms with Gasteiger partial charge < -0.3 is 0 Å². The van der Waals surface area contributed by atoms with Gasteiger partial charge in [-0.05, 0) is 34.7 Å². The Morgan fingerprint density at radius 1 is 0.947 bits per heavy atom. The second kappa shape index (κ2) is 4.77. The molecule has 0 atom stereocenters. The van der Waals surface area contributed by atoms with Crippen molar-refractivity contribution in [1.29, 1.82) is 0 Å². The quantitative estimate of drug-likeness (QED) is 0.563. The van der Waals surface area contributed by atoms with Gasteiger partial charge in [0.05, 0.1) is 16.0 Å². The molecule has 1 rings (SSSR count). The van der Waals surface area contributed by atoms with Gasteiger partial charge >= 0.3 is 12.4 Å². The van der Waals surface area contributed by atoms with Crippen LogP contribution in [0.1, 0.15) is 11.1 Å². The summed E-state index contributed by atoms with van der Waals surface area (Å²) in [5.74, 6) is 0. The largest absolute Gasteiger partial charge is 0.417 e. The van der Waals surface area contributed by atoms with Crippen molar-refractivity contribution in [2.75, 3.05) is 0 Å². The molecule has 3 nitrogen and oxygen atoms in total. The molecule has 0 aromatic heterocycles. The number of sulfonamides is 1. The van der Waals surface area contributed by atoms with Gasteiger partial charge in [0.1, 0.15) is 0 Å². The molecular weight excluding hydrogens is 415 g/mol. The average molecular weight is 419 g/mol. The van der Waals surface area contributed by atoms with Crippen LogP contribution in [0.2, 0.25) is 0 Å². The first-order chi connectivity index (χ1) is 8.24. The number of halogens is 7. The SMILES string of the molecule is NS(=O)(=O)c1cc(C(F)(F)F)c(I)c(C(F)(F)F)c1. The fourth-order valence-corrected chi connectivity index (χ4v) is 2.66. The van der Waals surface area contributed by atoms with Crippen molar-refractivity contribution in [3.8, 4) is 0 Å². The summed E-state index contributed by atoms with van der Waals surface area (Å²) in [4.78, 5) is -1.24. The number of benzene rings is 1. The van der Waals surface area contributed by atoms with E-state index in [0.29, 0.717) is 0 Å². The van der Waals surface area contributed by atoms with Crippen LogP contribution in [0, 0.1) is 3.57 Å². The Balaban J connectivity index is 3.78. The lowest BCUT2D eigenvalue weighted by Crippen LogP contribution is -2.19. The Morgan fingerprint density at radius 2 is 1.26 bits per heavy atom. The molecule has 0 amide bonds. The van der Waals surface area contributed by atoms with Crippen LogP contribution < -0.4 is 5.14 Å². The Morgan fingerprint density at radius 3 is 1.47 bits per heavy atom. The van der Waals surface area contributed by atoms with E-state index in [0.717, 1.165) is 22.6 Å². The lowest BCUT2D eigenvalue weighted by molar-refractivity contribution is -0.144. The van der Waals surface area contributed by atoms with Gasteiger partial charge in [-0.25, -0.2) is 13.6 Å². The first-order valence-corrected chi connectivity index (χ1v) is 6.88. The Kier molecular flexibility index (Phi) is 4.14. The molecule has 0 aliphatic carbocycles. The third kappa shape index (κ3) is 3.72. The van der Waals surface area contributed by atoms with Crippen molar-refractivity contribution >= 4 is 32.6 Å². The van der Waals surface area contributed by atoms with Crippen LogP contribution in [-0.2, 0) is 22.4 Å². The number of rotatable bonds is 1. The van der Waals surface area contributed by atoms with E-state index in [2.05, 4.69) is 5.14 Å². The Bertz CT molecular complexity index is 572. The molecule has 1 aromatic carbocycles. The predicted molar refractivity (Wildman–Crippen MR) is 60.5 cm³/mol. The molecule has 0 unspecified atom stereocenters. The molecular formula is C8H4F6INO2S. The van der Waals surface area contributed by atoms with E-state index in [1.807, 2.05) is 0 Å². The summed E-state index contributed by atoms with van der Waals surface area (Å²) in [5, 5.41) is 4.57. The van der Waals surface area contributed by atoms with E-state index in [-0.39, 0.29) is 12.1 Å². The molecule has 0 radical (unpaired) electrons. The summed E-state index contributed by atoms with van der Waals surface area (Å²) in [6, 6.07) is 0.151. The van der Waals surface area contributed by atoms with E-state index in [1.54, 1.807) is 0 Å². The predicted octanol–water partition coefficient (Wildman–Crippen LogP) is 2.98. The Labute approximate surface area is 117 Å². The molecule has 0 saturated heterocycles. The van der Waals surface area contributed by atoms with E-state index in [4.69, 9.17) is 0 Å². The Hall–Kier alpha value is -0.560. The van der Waals surface area contributed by atoms with E-state index >= 15 is 0 Å². The minimum absolute atomic E-state index is 0.0757. The first-order valence-electron chi connectivity index (χ1n) is 4.25. The second-order valence-electron chi connectivity index (χ2n) is 3.37. The van der Waals surface area contributed by atoms with Gasteiger partial charge in [-0.2, -0.15) is 26.3 Å². The molecule has 108 valence electrons. The van der Waals surface area contributed by atoms with E-state index < -0.39 is 42.0 Å². The molecule has 0 bridgehead atoms. The zero-order valence-corrected chi connectivity index (χ0v) is 11.6. The van der Waals surface area contributed by atoms with Gasteiger partial charge in [-0.15, -0.1) is 0 Å². The van der Waals surface area contributed by atoms with Crippen LogP contribution in [0.4, 0.5) is 26.3 Å². The van der Waals surface area contributed by atoms with Crippen molar-refractivity contribution in [2.45, 2.75) is 17.2 Å². The molecule has 0 spiro atoms. The fourth-order valence-electron chi connectivity index (χ4n) is 1.17. The van der Waals surface area contributed by atoms with Gasteiger partial charge in [0.25, 0.3) is 0 Å². The third-order valence-electron chi connectivity index (χ3n) is 1.99. The number of alkyl halides is 6. The molecule has 0 aliphatic heterocycles. The average Bonchev–Trinajstić information content (AvgIpc) is 2.11. The van der Waals surface area contributed by atoms with Crippen LogP contribution >= 0.6 is 22.6 Å². The molecule has 19 heavy (non-hydrogen) atoms. The maximum atomic E-state index is 12.6. The lowest BCUT2D eigenvalue weighted by Gasteiger charge is -2.16. The van der Waals surface area contributed by atoms with Crippen molar-refractivity contribution in [3.05, 3.63) is 26.8 Å². The minimum atomic E-state index is -5.13. The second-order valence-corrected chi connectivity index (χ2v) is 6.01. The van der Waals surface area contributed by atoms with E-state index in [1.165, 1.54) is 0 Å². The summed E-state index contributed by atoms with van der Waals surface area (Å²) < 4.78 is 96.2. The van der Waals surface area contributed by atoms with E-state index in [9.17, 15) is 34.8 Å². The van der Waals surface area contributed by atoms with Crippen LogP contribution in [0.5, 0.6) is 0 Å². The maximum Gasteiger partial charge on any atom is 0.417 e. The van der Waals surface area contributed by atoms with Gasteiger partial charge in [0.2, 0.25) is 10.0 Å². The summed E-state index contributed by atoms with van der Waals surface area (Å²) >= 11 is 0.861. The third-order valence-corrected chi connectivity index (χ3v) is 4.04. The molecule has 0 aliphatic rings. The van der Waals surface area contributed by atoms with Crippen molar-refractivity contribution in [3.63, 3.8) is 0 Å². The summed E-state index contributed by atoms with van der Waals surface area (Å²) in [6.07, 6.45) is -10.3.